The number of aryl methyl sites for hydroxylation is 2. The van der Waals surface area contributed by atoms with Crippen LogP contribution >= 0.6 is 0 Å². The molecule has 0 atom stereocenters. The van der Waals surface area contributed by atoms with Crippen LogP contribution in [0.5, 0.6) is 5.75 Å². The molecule has 3 nitrogen and oxygen atoms in total. The molecule has 100 valence electrons. The minimum atomic E-state index is -3.94. The Labute approximate surface area is 111 Å². The molecular weight excluding hydrogens is 267 g/mol. The van der Waals surface area contributed by atoms with E-state index in [1.807, 2.05) is 13.8 Å². The third-order valence-electron chi connectivity index (χ3n) is 2.77. The van der Waals surface area contributed by atoms with Crippen molar-refractivity contribution >= 4 is 10.1 Å². The van der Waals surface area contributed by atoms with Gasteiger partial charge in [0.05, 0.1) is 0 Å². The van der Waals surface area contributed by atoms with Gasteiger partial charge in [0, 0.05) is 6.07 Å². The summed E-state index contributed by atoms with van der Waals surface area (Å²) in [7, 11) is -3.94. The van der Waals surface area contributed by atoms with E-state index in [0.29, 0.717) is 0 Å². The van der Waals surface area contributed by atoms with Gasteiger partial charge in [-0.15, -0.1) is 0 Å². The number of hydrogen-bond donors (Lipinski definition) is 0. The van der Waals surface area contributed by atoms with Crippen LogP contribution in [-0.4, -0.2) is 8.42 Å². The Morgan fingerprint density at radius 1 is 1.00 bits per heavy atom. The van der Waals surface area contributed by atoms with Crippen molar-refractivity contribution in [1.82, 2.24) is 0 Å². The molecule has 0 radical (unpaired) electrons. The van der Waals surface area contributed by atoms with Gasteiger partial charge < -0.3 is 4.18 Å². The van der Waals surface area contributed by atoms with E-state index < -0.39 is 15.9 Å². The molecule has 0 unspecified atom stereocenters. The summed E-state index contributed by atoms with van der Waals surface area (Å²) in [6, 6.07) is 9.73. The van der Waals surface area contributed by atoms with Crippen LogP contribution in [-0.2, 0) is 10.1 Å². The Morgan fingerprint density at radius 3 is 2.37 bits per heavy atom. The average Bonchev–Trinajstić information content (AvgIpc) is 2.32. The molecule has 0 heterocycles. The molecule has 0 aliphatic heterocycles. The van der Waals surface area contributed by atoms with Crippen LogP contribution in [0.4, 0.5) is 4.39 Å². The molecule has 19 heavy (non-hydrogen) atoms. The summed E-state index contributed by atoms with van der Waals surface area (Å²) in [6.45, 7) is 3.70. The molecule has 5 heteroatoms. The molecule has 0 N–H and O–H groups in total. The smallest absolute Gasteiger partial charge is 0.339 e. The summed E-state index contributed by atoms with van der Waals surface area (Å²) in [5, 5.41) is 0. The number of rotatable bonds is 3. The van der Waals surface area contributed by atoms with Gasteiger partial charge in [-0.05, 0) is 49.2 Å². The van der Waals surface area contributed by atoms with E-state index >= 15 is 0 Å². The first-order chi connectivity index (χ1) is 8.88. The second-order valence-electron chi connectivity index (χ2n) is 4.24. The fourth-order valence-corrected chi connectivity index (χ4v) is 2.57. The molecule has 0 fully saturated rings. The summed E-state index contributed by atoms with van der Waals surface area (Å²) in [5.41, 5.74) is 1.84. The third-order valence-corrected chi connectivity index (χ3v) is 4.01. The van der Waals surface area contributed by atoms with Crippen LogP contribution in [0.2, 0.25) is 0 Å². The van der Waals surface area contributed by atoms with Gasteiger partial charge in [-0.3, -0.25) is 0 Å². The number of benzene rings is 2. The lowest BCUT2D eigenvalue weighted by molar-refractivity contribution is 0.483. The first-order valence-electron chi connectivity index (χ1n) is 5.66. The van der Waals surface area contributed by atoms with Gasteiger partial charge in [0.2, 0.25) is 0 Å². The molecule has 0 saturated heterocycles. The van der Waals surface area contributed by atoms with E-state index in [2.05, 4.69) is 0 Å². The monoisotopic (exact) mass is 280 g/mol. The normalized spacial score (nSPS) is 11.3. The van der Waals surface area contributed by atoms with E-state index in [1.165, 1.54) is 30.3 Å². The van der Waals surface area contributed by atoms with E-state index in [4.69, 9.17) is 4.18 Å². The summed E-state index contributed by atoms with van der Waals surface area (Å²) < 4.78 is 41.9. The molecule has 0 bridgehead atoms. The second kappa shape index (κ2) is 5.01. The highest BCUT2D eigenvalue weighted by Gasteiger charge is 2.17. The Hall–Kier alpha value is -1.88. The molecule has 0 aliphatic carbocycles. The quantitative estimate of drug-likeness (QED) is 0.811. The molecule has 2 rings (SSSR count). The molecule has 0 amide bonds. The fourth-order valence-electron chi connectivity index (χ4n) is 1.56. The van der Waals surface area contributed by atoms with Crippen LogP contribution in [0.1, 0.15) is 11.1 Å². The minimum absolute atomic E-state index is 0.0433. The number of hydrogen-bond acceptors (Lipinski definition) is 3. The topological polar surface area (TPSA) is 43.4 Å². The minimum Gasteiger partial charge on any atom is -0.379 e. The van der Waals surface area contributed by atoms with E-state index in [0.717, 1.165) is 17.2 Å². The van der Waals surface area contributed by atoms with Crippen molar-refractivity contribution in [2.75, 3.05) is 0 Å². The summed E-state index contributed by atoms with van der Waals surface area (Å²) in [6.07, 6.45) is 0. The predicted molar refractivity (Wildman–Crippen MR) is 70.1 cm³/mol. The maximum Gasteiger partial charge on any atom is 0.339 e. The summed E-state index contributed by atoms with van der Waals surface area (Å²) in [5.74, 6) is -0.592. The van der Waals surface area contributed by atoms with Crippen molar-refractivity contribution in [2.24, 2.45) is 0 Å². The van der Waals surface area contributed by atoms with Crippen molar-refractivity contribution in [2.45, 2.75) is 18.7 Å². The van der Waals surface area contributed by atoms with Gasteiger partial charge in [-0.2, -0.15) is 8.42 Å². The van der Waals surface area contributed by atoms with Crippen LogP contribution in [0, 0.1) is 19.7 Å². The molecule has 0 spiro atoms. The zero-order chi connectivity index (χ0) is 14.0. The lowest BCUT2D eigenvalue weighted by Gasteiger charge is -2.08. The van der Waals surface area contributed by atoms with Crippen molar-refractivity contribution in [3.8, 4) is 5.75 Å². The fraction of sp³-hybridized carbons (Fsp3) is 0.143. The Morgan fingerprint density at radius 2 is 1.74 bits per heavy atom. The molecule has 2 aromatic carbocycles. The second-order valence-corrected chi connectivity index (χ2v) is 5.79. The van der Waals surface area contributed by atoms with Crippen LogP contribution in [0.25, 0.3) is 0 Å². The van der Waals surface area contributed by atoms with E-state index in [1.54, 1.807) is 6.07 Å². The van der Waals surface area contributed by atoms with Crippen LogP contribution < -0.4 is 4.18 Å². The molecular formula is C14H13FO3S. The van der Waals surface area contributed by atoms with Crippen molar-refractivity contribution in [3.63, 3.8) is 0 Å². The van der Waals surface area contributed by atoms with Gasteiger partial charge >= 0.3 is 10.1 Å². The highest BCUT2D eigenvalue weighted by Crippen LogP contribution is 2.21. The van der Waals surface area contributed by atoms with Crippen LogP contribution in [0.15, 0.2) is 47.4 Å². The lowest BCUT2D eigenvalue weighted by atomic mass is 10.1. The first-order valence-corrected chi connectivity index (χ1v) is 7.06. The Kier molecular flexibility index (Phi) is 3.57. The van der Waals surface area contributed by atoms with Crippen molar-refractivity contribution in [3.05, 3.63) is 59.4 Å². The maximum absolute atomic E-state index is 13.0. The summed E-state index contributed by atoms with van der Waals surface area (Å²) >= 11 is 0. The maximum atomic E-state index is 13.0. The van der Waals surface area contributed by atoms with Crippen LogP contribution in [0.3, 0.4) is 0 Å². The third kappa shape index (κ3) is 3.12. The molecule has 2 aromatic rings. The van der Waals surface area contributed by atoms with Gasteiger partial charge in [0.1, 0.15) is 16.5 Å². The highest BCUT2D eigenvalue weighted by atomic mass is 32.2. The van der Waals surface area contributed by atoms with Gasteiger partial charge in [0.15, 0.2) is 0 Å². The molecule has 0 saturated carbocycles. The average molecular weight is 280 g/mol. The largest absolute Gasteiger partial charge is 0.379 e. The van der Waals surface area contributed by atoms with E-state index in [9.17, 15) is 12.8 Å². The standard InChI is InChI=1S/C14H13FO3S/c1-10-6-7-14(8-11(10)2)19(16,17)18-13-5-3-4-12(15)9-13/h3-9H,1-2H3. The van der Waals surface area contributed by atoms with E-state index in [-0.39, 0.29) is 10.6 Å². The zero-order valence-corrected chi connectivity index (χ0v) is 11.4. The van der Waals surface area contributed by atoms with Gasteiger partial charge in [0.25, 0.3) is 0 Å². The number of halogens is 1. The lowest BCUT2D eigenvalue weighted by Crippen LogP contribution is -2.10. The van der Waals surface area contributed by atoms with Gasteiger partial charge in [-0.1, -0.05) is 12.1 Å². The van der Waals surface area contributed by atoms with Gasteiger partial charge in [-0.25, -0.2) is 4.39 Å². The molecule has 0 aromatic heterocycles. The summed E-state index contributed by atoms with van der Waals surface area (Å²) in [4.78, 5) is 0.0554. The Balaban J connectivity index is 2.35. The SMILES string of the molecule is Cc1ccc(S(=O)(=O)Oc2cccc(F)c2)cc1C. The highest BCUT2D eigenvalue weighted by molar-refractivity contribution is 7.87. The predicted octanol–water partition coefficient (Wildman–Crippen LogP) is 3.21. The Bertz CT molecular complexity index is 708. The van der Waals surface area contributed by atoms with Crippen molar-refractivity contribution in [1.29, 1.82) is 0 Å². The first kappa shape index (κ1) is 13.5. The van der Waals surface area contributed by atoms with Crippen molar-refractivity contribution < 1.29 is 17.0 Å². The zero-order valence-electron chi connectivity index (χ0n) is 10.6. The molecule has 0 aliphatic rings.